The van der Waals surface area contributed by atoms with Gasteiger partial charge in [0.1, 0.15) is 0 Å². The third-order valence-corrected chi connectivity index (χ3v) is 1.75. The smallest absolute Gasteiger partial charge is 0.332 e. The number of carboxylic acids is 1. The Balaban J connectivity index is 2.11. The molecule has 0 bridgehead atoms. The second-order valence-electron chi connectivity index (χ2n) is 2.89. The number of hydrogen-bond donors (Lipinski definition) is 2. The lowest BCUT2D eigenvalue weighted by molar-refractivity contribution is -0.132. The number of carboxylic acid groups (broad SMARTS) is 1. The monoisotopic (exact) mass is 195 g/mol. The van der Waals surface area contributed by atoms with Crippen molar-refractivity contribution in [3.8, 4) is 0 Å². The Morgan fingerprint density at radius 1 is 1.64 bits per heavy atom. The zero-order valence-electron chi connectivity index (χ0n) is 7.81. The topological polar surface area (TPSA) is 67.2 Å². The van der Waals surface area contributed by atoms with Crippen LogP contribution in [0.4, 0.5) is 0 Å². The van der Waals surface area contributed by atoms with Gasteiger partial charge in [-0.05, 0) is 0 Å². The number of nitrogens with one attached hydrogen (secondary N) is 1. The highest BCUT2D eigenvalue weighted by Crippen LogP contribution is 1.87. The van der Waals surface area contributed by atoms with Gasteiger partial charge in [0, 0.05) is 37.6 Å². The zero-order chi connectivity index (χ0) is 10.4. The van der Waals surface area contributed by atoms with Crippen LogP contribution in [-0.2, 0) is 11.3 Å². The highest BCUT2D eigenvalue weighted by atomic mass is 16.4. The first-order chi connectivity index (χ1) is 6.70. The third-order valence-electron chi connectivity index (χ3n) is 1.75. The second kappa shape index (κ2) is 5.18. The Hall–Kier alpha value is -1.62. The normalized spacial score (nSPS) is 10.0. The molecule has 0 atom stereocenters. The summed E-state index contributed by atoms with van der Waals surface area (Å²) in [6.07, 6.45) is 5.28. The van der Waals surface area contributed by atoms with Gasteiger partial charge in [0.05, 0.1) is 6.33 Å². The van der Waals surface area contributed by atoms with Gasteiger partial charge in [0.15, 0.2) is 0 Å². The average molecular weight is 195 g/mol. The van der Waals surface area contributed by atoms with Crippen LogP contribution in [0.5, 0.6) is 0 Å². The Labute approximate surface area is 82.1 Å². The summed E-state index contributed by atoms with van der Waals surface area (Å²) in [4.78, 5) is 14.3. The van der Waals surface area contributed by atoms with Crippen molar-refractivity contribution < 1.29 is 9.90 Å². The minimum atomic E-state index is -0.958. The summed E-state index contributed by atoms with van der Waals surface area (Å²) in [5, 5.41) is 11.5. The molecule has 1 aromatic rings. The molecule has 0 aromatic carbocycles. The fourth-order valence-electron chi connectivity index (χ4n) is 0.942. The molecule has 1 aromatic heterocycles. The molecule has 5 heteroatoms. The number of nitrogens with zero attached hydrogens (tertiary/aromatic N) is 2. The molecule has 1 rings (SSSR count). The van der Waals surface area contributed by atoms with Gasteiger partial charge < -0.3 is 15.0 Å². The van der Waals surface area contributed by atoms with E-state index in [0.29, 0.717) is 13.1 Å². The molecule has 2 N–H and O–H groups in total. The third kappa shape index (κ3) is 3.40. The molecule has 0 fully saturated rings. The van der Waals surface area contributed by atoms with Crippen molar-refractivity contribution in [1.29, 1.82) is 0 Å². The lowest BCUT2D eigenvalue weighted by Gasteiger charge is -2.04. The van der Waals surface area contributed by atoms with Crippen LogP contribution in [0.3, 0.4) is 0 Å². The zero-order valence-corrected chi connectivity index (χ0v) is 7.81. The van der Waals surface area contributed by atoms with Crippen LogP contribution in [0.25, 0.3) is 0 Å². The van der Waals surface area contributed by atoms with Gasteiger partial charge in [0.25, 0.3) is 0 Å². The van der Waals surface area contributed by atoms with Gasteiger partial charge in [-0.2, -0.15) is 0 Å². The quantitative estimate of drug-likeness (QED) is 0.499. The molecular weight excluding hydrogens is 182 g/mol. The SMILES string of the molecule is C=C(CNCCn1ccnc1)C(=O)O. The van der Waals surface area contributed by atoms with Gasteiger partial charge in [-0.1, -0.05) is 6.58 Å². The second-order valence-corrected chi connectivity index (χ2v) is 2.89. The molecule has 0 saturated heterocycles. The van der Waals surface area contributed by atoms with Crippen molar-refractivity contribution in [2.24, 2.45) is 0 Å². The molecule has 0 unspecified atom stereocenters. The Bertz CT molecular complexity index is 306. The molecular formula is C9H13N3O2. The summed E-state index contributed by atoms with van der Waals surface area (Å²) >= 11 is 0. The van der Waals surface area contributed by atoms with E-state index < -0.39 is 5.97 Å². The van der Waals surface area contributed by atoms with E-state index in [1.54, 1.807) is 12.5 Å². The maximum atomic E-state index is 10.4. The van der Waals surface area contributed by atoms with Crippen molar-refractivity contribution in [2.45, 2.75) is 6.54 Å². The van der Waals surface area contributed by atoms with Crippen LogP contribution < -0.4 is 5.32 Å². The van der Waals surface area contributed by atoms with E-state index >= 15 is 0 Å². The summed E-state index contributed by atoms with van der Waals surface area (Å²) < 4.78 is 1.91. The summed E-state index contributed by atoms with van der Waals surface area (Å²) in [6.45, 7) is 5.18. The number of rotatable bonds is 6. The molecule has 0 aliphatic carbocycles. The molecule has 1 heterocycles. The fraction of sp³-hybridized carbons (Fsp3) is 0.333. The number of imidazole rings is 1. The first-order valence-corrected chi connectivity index (χ1v) is 4.27. The van der Waals surface area contributed by atoms with E-state index in [9.17, 15) is 4.79 Å². The standard InChI is InChI=1S/C9H13N3O2/c1-8(9(13)14)6-10-2-4-12-5-3-11-7-12/h3,5,7,10H,1-2,4,6H2,(H,13,14). The molecule has 0 radical (unpaired) electrons. The largest absolute Gasteiger partial charge is 0.478 e. The molecule has 14 heavy (non-hydrogen) atoms. The van der Waals surface area contributed by atoms with Crippen molar-refractivity contribution >= 4 is 5.97 Å². The maximum Gasteiger partial charge on any atom is 0.332 e. The van der Waals surface area contributed by atoms with Crippen LogP contribution >= 0.6 is 0 Å². The summed E-state index contributed by atoms with van der Waals surface area (Å²) in [5.74, 6) is -0.958. The lowest BCUT2D eigenvalue weighted by Crippen LogP contribution is -2.24. The summed E-state index contributed by atoms with van der Waals surface area (Å²) in [6, 6.07) is 0. The van der Waals surface area contributed by atoms with E-state index in [-0.39, 0.29) is 5.57 Å². The highest BCUT2D eigenvalue weighted by molar-refractivity contribution is 5.86. The minimum Gasteiger partial charge on any atom is -0.478 e. The molecule has 0 amide bonds. The predicted octanol–water partition coefficient (Wildman–Crippen LogP) is 0.113. The van der Waals surface area contributed by atoms with Gasteiger partial charge >= 0.3 is 5.97 Å². The van der Waals surface area contributed by atoms with Crippen LogP contribution in [-0.4, -0.2) is 33.7 Å². The Kier molecular flexibility index (Phi) is 3.87. The van der Waals surface area contributed by atoms with Crippen LogP contribution in [0.2, 0.25) is 0 Å². The molecule has 0 saturated carbocycles. The van der Waals surface area contributed by atoms with E-state index in [1.807, 2.05) is 10.8 Å². The minimum absolute atomic E-state index is 0.177. The number of aliphatic carboxylic acids is 1. The number of hydrogen-bond acceptors (Lipinski definition) is 3. The first-order valence-electron chi connectivity index (χ1n) is 4.27. The van der Waals surface area contributed by atoms with Gasteiger partial charge in [-0.15, -0.1) is 0 Å². The van der Waals surface area contributed by atoms with Crippen molar-refractivity contribution in [1.82, 2.24) is 14.9 Å². The molecule has 76 valence electrons. The van der Waals surface area contributed by atoms with E-state index in [4.69, 9.17) is 5.11 Å². The Morgan fingerprint density at radius 3 is 3.00 bits per heavy atom. The first kappa shape index (κ1) is 10.5. The predicted molar refractivity (Wildman–Crippen MR) is 51.9 cm³/mol. The van der Waals surface area contributed by atoms with E-state index in [1.165, 1.54) is 0 Å². The van der Waals surface area contributed by atoms with Gasteiger partial charge in [-0.25, -0.2) is 9.78 Å². The molecule has 0 aliphatic rings. The van der Waals surface area contributed by atoms with Crippen molar-refractivity contribution in [2.75, 3.05) is 13.1 Å². The number of carbonyl (C=O) groups is 1. The van der Waals surface area contributed by atoms with Crippen LogP contribution in [0, 0.1) is 0 Å². The van der Waals surface area contributed by atoms with E-state index in [2.05, 4.69) is 16.9 Å². The van der Waals surface area contributed by atoms with Gasteiger partial charge in [-0.3, -0.25) is 0 Å². The summed E-state index contributed by atoms with van der Waals surface area (Å²) in [5.41, 5.74) is 0.177. The molecule has 5 nitrogen and oxygen atoms in total. The molecule has 0 spiro atoms. The van der Waals surface area contributed by atoms with E-state index in [0.717, 1.165) is 6.54 Å². The fourth-order valence-corrected chi connectivity index (χ4v) is 0.942. The maximum absolute atomic E-state index is 10.4. The van der Waals surface area contributed by atoms with Gasteiger partial charge in [0.2, 0.25) is 0 Å². The van der Waals surface area contributed by atoms with Crippen molar-refractivity contribution in [3.63, 3.8) is 0 Å². The lowest BCUT2D eigenvalue weighted by atomic mass is 10.3. The number of aromatic nitrogens is 2. The summed E-state index contributed by atoms with van der Waals surface area (Å²) in [7, 11) is 0. The van der Waals surface area contributed by atoms with Crippen LogP contribution in [0.1, 0.15) is 0 Å². The van der Waals surface area contributed by atoms with Crippen molar-refractivity contribution in [3.05, 3.63) is 30.9 Å². The highest BCUT2D eigenvalue weighted by Gasteiger charge is 2.01. The molecule has 0 aliphatic heterocycles. The van der Waals surface area contributed by atoms with Crippen LogP contribution in [0.15, 0.2) is 30.9 Å². The Morgan fingerprint density at radius 2 is 2.43 bits per heavy atom. The average Bonchev–Trinajstić information content (AvgIpc) is 2.64.